The van der Waals surface area contributed by atoms with Crippen LogP contribution in [-0.2, 0) is 0 Å². The van der Waals surface area contributed by atoms with E-state index in [0.717, 1.165) is 51.6 Å². The number of aryl methyl sites for hydroxylation is 1. The summed E-state index contributed by atoms with van der Waals surface area (Å²) in [6.45, 7) is 7.32. The van der Waals surface area contributed by atoms with Crippen molar-refractivity contribution in [2.45, 2.75) is 65.7 Å². The summed E-state index contributed by atoms with van der Waals surface area (Å²) in [6, 6.07) is 9.66. The van der Waals surface area contributed by atoms with E-state index in [9.17, 15) is 4.79 Å². The highest BCUT2D eigenvalue weighted by atomic mass is 35.5. The zero-order chi connectivity index (χ0) is 21.5. The lowest BCUT2D eigenvalue weighted by molar-refractivity contribution is 0.0961. The first kappa shape index (κ1) is 22.7. The Hall–Kier alpha value is -2.00. The fourth-order valence-corrected chi connectivity index (χ4v) is 4.25. The van der Waals surface area contributed by atoms with Gasteiger partial charge < -0.3 is 9.47 Å². The number of hydrogen-bond donors (Lipinski definition) is 0. The monoisotopic (exact) mass is 428 g/mol. The van der Waals surface area contributed by atoms with Crippen molar-refractivity contribution in [2.75, 3.05) is 13.2 Å². The van der Waals surface area contributed by atoms with Gasteiger partial charge in [-0.1, -0.05) is 43.4 Å². The van der Waals surface area contributed by atoms with Crippen molar-refractivity contribution in [1.82, 2.24) is 0 Å². The molecule has 1 aliphatic carbocycles. The number of rotatable bonds is 10. The van der Waals surface area contributed by atoms with Crippen molar-refractivity contribution in [3.8, 4) is 11.5 Å². The molecule has 0 unspecified atom stereocenters. The molecule has 1 saturated carbocycles. The van der Waals surface area contributed by atoms with E-state index in [4.69, 9.17) is 21.1 Å². The Bertz CT molecular complexity index is 869. The maximum atomic E-state index is 12.7. The summed E-state index contributed by atoms with van der Waals surface area (Å²) in [5, 5.41) is 0.729. The summed E-state index contributed by atoms with van der Waals surface area (Å²) in [5.74, 6) is 2.53. The number of carbonyl (C=O) groups excluding carboxylic acids is 1. The molecule has 2 aromatic carbocycles. The minimum Gasteiger partial charge on any atom is -0.494 e. The summed E-state index contributed by atoms with van der Waals surface area (Å²) >= 11 is 6.12. The van der Waals surface area contributed by atoms with Crippen molar-refractivity contribution in [1.29, 1.82) is 0 Å². The summed E-state index contributed by atoms with van der Waals surface area (Å²) in [5.41, 5.74) is 4.03. The van der Waals surface area contributed by atoms with Gasteiger partial charge in [-0.2, -0.15) is 0 Å². The molecule has 0 amide bonds. The smallest absolute Gasteiger partial charge is 0.163 e. The maximum Gasteiger partial charge on any atom is 0.163 e. The molecule has 162 valence electrons. The number of carbonyl (C=O) groups is 1. The van der Waals surface area contributed by atoms with Gasteiger partial charge >= 0.3 is 0 Å². The Morgan fingerprint density at radius 1 is 0.967 bits per heavy atom. The molecule has 4 heteroatoms. The predicted molar refractivity (Wildman–Crippen MR) is 123 cm³/mol. The van der Waals surface area contributed by atoms with Gasteiger partial charge in [0, 0.05) is 17.0 Å². The molecule has 0 radical (unpaired) electrons. The second kappa shape index (κ2) is 10.9. The zero-order valence-electron chi connectivity index (χ0n) is 18.4. The van der Waals surface area contributed by atoms with Crippen LogP contribution in [0, 0.1) is 26.7 Å². The molecule has 0 heterocycles. The van der Waals surface area contributed by atoms with Crippen LogP contribution in [0.25, 0.3) is 0 Å². The molecule has 0 spiro atoms. The van der Waals surface area contributed by atoms with E-state index in [1.165, 1.54) is 25.7 Å². The molecule has 0 aliphatic heterocycles. The summed E-state index contributed by atoms with van der Waals surface area (Å²) in [6.07, 6.45) is 7.44. The Morgan fingerprint density at radius 3 is 2.37 bits per heavy atom. The van der Waals surface area contributed by atoms with Crippen LogP contribution in [0.15, 0.2) is 30.3 Å². The minimum atomic E-state index is 0.280. The fraction of sp³-hybridized carbons (Fsp3) is 0.500. The molecule has 0 N–H and O–H groups in total. The summed E-state index contributed by atoms with van der Waals surface area (Å²) in [7, 11) is 0. The molecular formula is C26H33ClO3. The van der Waals surface area contributed by atoms with Gasteiger partial charge in [0.15, 0.2) is 5.78 Å². The van der Waals surface area contributed by atoms with Crippen molar-refractivity contribution in [3.63, 3.8) is 0 Å². The van der Waals surface area contributed by atoms with Gasteiger partial charge in [0.2, 0.25) is 0 Å². The standard InChI is InChI=1S/C26H33ClO3/c1-18-10-11-22(17-24(18)27)29-14-6-7-15-30-26-13-12-23(19(2)20(26)3)25(28)16-21-8-4-5-9-21/h10-13,17,21H,4-9,14-16H2,1-3H3. The summed E-state index contributed by atoms with van der Waals surface area (Å²) < 4.78 is 11.7. The highest BCUT2D eigenvalue weighted by Gasteiger charge is 2.21. The number of ether oxygens (including phenoxy) is 2. The van der Waals surface area contributed by atoms with Crippen LogP contribution < -0.4 is 9.47 Å². The highest BCUT2D eigenvalue weighted by molar-refractivity contribution is 6.31. The molecule has 1 aliphatic rings. The third kappa shape index (κ3) is 6.01. The average Bonchev–Trinajstić information content (AvgIpc) is 3.23. The van der Waals surface area contributed by atoms with Crippen LogP contribution in [0.3, 0.4) is 0 Å². The molecule has 0 bridgehead atoms. The predicted octanol–water partition coefficient (Wildman–Crippen LogP) is 7.27. The lowest BCUT2D eigenvalue weighted by Gasteiger charge is -2.15. The quantitative estimate of drug-likeness (QED) is 0.295. The van der Waals surface area contributed by atoms with Crippen molar-refractivity contribution < 1.29 is 14.3 Å². The summed E-state index contributed by atoms with van der Waals surface area (Å²) in [4.78, 5) is 12.7. The van der Waals surface area contributed by atoms with Crippen LogP contribution >= 0.6 is 11.6 Å². The molecule has 2 aromatic rings. The topological polar surface area (TPSA) is 35.5 Å². The van der Waals surface area contributed by atoms with Crippen LogP contribution in [-0.4, -0.2) is 19.0 Å². The fourth-order valence-electron chi connectivity index (χ4n) is 4.08. The van der Waals surface area contributed by atoms with E-state index in [1.54, 1.807) is 0 Å². The van der Waals surface area contributed by atoms with Gasteiger partial charge in [0.25, 0.3) is 0 Å². The SMILES string of the molecule is Cc1ccc(OCCCCOc2ccc(C(=O)CC3CCCC3)c(C)c2C)cc1Cl. The van der Waals surface area contributed by atoms with Crippen molar-refractivity contribution >= 4 is 17.4 Å². The second-order valence-corrected chi connectivity index (χ2v) is 8.86. The van der Waals surface area contributed by atoms with Gasteiger partial charge in [-0.05, 0) is 80.5 Å². The Morgan fingerprint density at radius 2 is 1.67 bits per heavy atom. The molecule has 3 nitrogen and oxygen atoms in total. The molecule has 0 atom stereocenters. The molecular weight excluding hydrogens is 396 g/mol. The van der Waals surface area contributed by atoms with Gasteiger partial charge in [-0.3, -0.25) is 4.79 Å². The van der Waals surface area contributed by atoms with Crippen LogP contribution in [0.5, 0.6) is 11.5 Å². The van der Waals surface area contributed by atoms with E-state index in [1.807, 2.05) is 51.1 Å². The maximum absolute atomic E-state index is 12.7. The average molecular weight is 429 g/mol. The first-order valence-electron chi connectivity index (χ1n) is 11.1. The lowest BCUT2D eigenvalue weighted by Crippen LogP contribution is -2.09. The van der Waals surface area contributed by atoms with E-state index in [0.29, 0.717) is 25.6 Å². The Kier molecular flexibility index (Phi) is 8.21. The van der Waals surface area contributed by atoms with Crippen LogP contribution in [0.2, 0.25) is 5.02 Å². The first-order valence-corrected chi connectivity index (χ1v) is 11.5. The zero-order valence-corrected chi connectivity index (χ0v) is 19.2. The van der Waals surface area contributed by atoms with E-state index < -0.39 is 0 Å². The van der Waals surface area contributed by atoms with E-state index >= 15 is 0 Å². The number of hydrogen-bond acceptors (Lipinski definition) is 3. The normalized spacial score (nSPS) is 14.1. The molecule has 3 rings (SSSR count). The number of Topliss-reactive ketones (excluding diaryl/α,β-unsaturated/α-hetero) is 1. The first-order chi connectivity index (χ1) is 14.5. The second-order valence-electron chi connectivity index (χ2n) is 8.45. The number of benzene rings is 2. The number of halogens is 1. The number of ketones is 1. The highest BCUT2D eigenvalue weighted by Crippen LogP contribution is 2.31. The lowest BCUT2D eigenvalue weighted by atomic mass is 9.92. The molecule has 0 aromatic heterocycles. The number of unbranched alkanes of at least 4 members (excludes halogenated alkanes) is 1. The van der Waals surface area contributed by atoms with E-state index in [2.05, 4.69) is 0 Å². The largest absolute Gasteiger partial charge is 0.494 e. The molecule has 0 saturated heterocycles. The Balaban J connectivity index is 1.43. The third-order valence-electron chi connectivity index (χ3n) is 6.19. The minimum absolute atomic E-state index is 0.280. The van der Waals surface area contributed by atoms with Gasteiger partial charge in [-0.15, -0.1) is 0 Å². The van der Waals surface area contributed by atoms with Crippen molar-refractivity contribution in [3.05, 3.63) is 57.6 Å². The van der Waals surface area contributed by atoms with Crippen molar-refractivity contribution in [2.24, 2.45) is 5.92 Å². The van der Waals surface area contributed by atoms with E-state index in [-0.39, 0.29) is 5.78 Å². The molecule has 30 heavy (non-hydrogen) atoms. The third-order valence-corrected chi connectivity index (χ3v) is 6.60. The van der Waals surface area contributed by atoms with Gasteiger partial charge in [0.05, 0.1) is 13.2 Å². The van der Waals surface area contributed by atoms with Crippen LogP contribution in [0.4, 0.5) is 0 Å². The van der Waals surface area contributed by atoms with Gasteiger partial charge in [0.1, 0.15) is 11.5 Å². The van der Waals surface area contributed by atoms with Gasteiger partial charge in [-0.25, -0.2) is 0 Å². The molecule has 1 fully saturated rings. The van der Waals surface area contributed by atoms with Crippen LogP contribution in [0.1, 0.15) is 72.0 Å². The Labute approximate surface area is 185 Å².